The number of imidazole rings is 1. The molecule has 1 heterocycles. The lowest BCUT2D eigenvalue weighted by Gasteiger charge is -2.10. The molecule has 0 aliphatic heterocycles. The molecule has 1 aromatic rings. The normalized spacial score (nSPS) is 12.8. The van der Waals surface area contributed by atoms with Gasteiger partial charge in [0.1, 0.15) is 0 Å². The molecule has 0 bridgehead atoms. The lowest BCUT2D eigenvalue weighted by Crippen LogP contribution is -2.20. The standard InChI is InChI=1S/C9H17N3O/c1-3-4-8(13)7-11-9-10-5-6-12(9)2/h5-6,8,13H,3-4,7H2,1-2H3,(H,10,11). The van der Waals surface area contributed by atoms with Crippen molar-refractivity contribution in [2.45, 2.75) is 25.9 Å². The molecule has 2 N–H and O–H groups in total. The summed E-state index contributed by atoms with van der Waals surface area (Å²) in [6, 6.07) is 0. The van der Waals surface area contributed by atoms with E-state index in [1.54, 1.807) is 6.20 Å². The van der Waals surface area contributed by atoms with Gasteiger partial charge in [0.2, 0.25) is 5.95 Å². The fraction of sp³-hybridized carbons (Fsp3) is 0.667. The van der Waals surface area contributed by atoms with Gasteiger partial charge < -0.3 is 15.0 Å². The van der Waals surface area contributed by atoms with Crippen LogP contribution in [0.3, 0.4) is 0 Å². The van der Waals surface area contributed by atoms with Crippen LogP contribution in [0.5, 0.6) is 0 Å². The zero-order chi connectivity index (χ0) is 9.68. The van der Waals surface area contributed by atoms with Crippen molar-refractivity contribution < 1.29 is 5.11 Å². The van der Waals surface area contributed by atoms with Gasteiger partial charge in [0.05, 0.1) is 6.10 Å². The highest BCUT2D eigenvalue weighted by atomic mass is 16.3. The van der Waals surface area contributed by atoms with Gasteiger partial charge in [-0.3, -0.25) is 0 Å². The molecule has 0 aromatic carbocycles. The van der Waals surface area contributed by atoms with Crippen LogP contribution < -0.4 is 5.32 Å². The summed E-state index contributed by atoms with van der Waals surface area (Å²) in [5, 5.41) is 12.5. The van der Waals surface area contributed by atoms with Crippen LogP contribution in [0.2, 0.25) is 0 Å². The van der Waals surface area contributed by atoms with Crippen LogP contribution in [0, 0.1) is 0 Å². The van der Waals surface area contributed by atoms with Gasteiger partial charge in [0.15, 0.2) is 0 Å². The second-order valence-corrected chi connectivity index (χ2v) is 3.19. The maximum absolute atomic E-state index is 9.44. The Morgan fingerprint density at radius 2 is 2.46 bits per heavy atom. The van der Waals surface area contributed by atoms with Crippen molar-refractivity contribution in [2.24, 2.45) is 7.05 Å². The monoisotopic (exact) mass is 183 g/mol. The molecule has 0 aliphatic rings. The number of aromatic nitrogens is 2. The second kappa shape index (κ2) is 4.87. The molecule has 1 rings (SSSR count). The molecule has 4 nitrogen and oxygen atoms in total. The smallest absolute Gasteiger partial charge is 0.202 e. The number of nitrogens with one attached hydrogen (secondary N) is 1. The van der Waals surface area contributed by atoms with Gasteiger partial charge >= 0.3 is 0 Å². The molecule has 0 saturated carbocycles. The highest BCUT2D eigenvalue weighted by Gasteiger charge is 2.03. The number of anilines is 1. The molecule has 0 radical (unpaired) electrons. The summed E-state index contributed by atoms with van der Waals surface area (Å²) in [6.45, 7) is 2.63. The van der Waals surface area contributed by atoms with Gasteiger partial charge in [-0.25, -0.2) is 4.98 Å². The number of nitrogens with zero attached hydrogens (tertiary/aromatic N) is 2. The lowest BCUT2D eigenvalue weighted by atomic mass is 10.2. The molecule has 1 atom stereocenters. The van der Waals surface area contributed by atoms with E-state index in [9.17, 15) is 5.11 Å². The first-order valence-electron chi connectivity index (χ1n) is 4.63. The Hall–Kier alpha value is -1.03. The van der Waals surface area contributed by atoms with Crippen molar-refractivity contribution in [3.63, 3.8) is 0 Å². The Morgan fingerprint density at radius 1 is 1.69 bits per heavy atom. The molecular formula is C9H17N3O. The number of aliphatic hydroxyl groups is 1. The number of aryl methyl sites for hydroxylation is 1. The average Bonchev–Trinajstić information content (AvgIpc) is 2.48. The van der Waals surface area contributed by atoms with Gasteiger partial charge in [0.25, 0.3) is 0 Å². The van der Waals surface area contributed by atoms with Gasteiger partial charge in [-0.05, 0) is 6.42 Å². The van der Waals surface area contributed by atoms with E-state index in [1.165, 1.54) is 0 Å². The Balaban J connectivity index is 2.30. The third kappa shape index (κ3) is 3.06. The quantitative estimate of drug-likeness (QED) is 0.715. The van der Waals surface area contributed by atoms with Crippen LogP contribution in [0.15, 0.2) is 12.4 Å². The molecule has 0 amide bonds. The Kier molecular flexibility index (Phi) is 3.76. The minimum absolute atomic E-state index is 0.276. The first-order chi connectivity index (χ1) is 6.24. The first kappa shape index (κ1) is 10.1. The Bertz CT molecular complexity index is 247. The van der Waals surface area contributed by atoms with E-state index < -0.39 is 0 Å². The van der Waals surface area contributed by atoms with Crippen molar-refractivity contribution >= 4 is 5.95 Å². The zero-order valence-electron chi connectivity index (χ0n) is 8.20. The highest BCUT2D eigenvalue weighted by molar-refractivity contribution is 5.25. The maximum Gasteiger partial charge on any atom is 0.202 e. The minimum Gasteiger partial charge on any atom is -0.391 e. The van der Waals surface area contributed by atoms with Crippen molar-refractivity contribution in [3.05, 3.63) is 12.4 Å². The van der Waals surface area contributed by atoms with Crippen LogP contribution >= 0.6 is 0 Å². The summed E-state index contributed by atoms with van der Waals surface area (Å²) in [7, 11) is 1.92. The predicted octanol–water partition coefficient (Wildman–Crippen LogP) is 0.993. The van der Waals surface area contributed by atoms with Crippen molar-refractivity contribution in [3.8, 4) is 0 Å². The number of hydrogen-bond acceptors (Lipinski definition) is 3. The van der Waals surface area contributed by atoms with E-state index in [1.807, 2.05) is 17.8 Å². The van der Waals surface area contributed by atoms with E-state index in [2.05, 4.69) is 17.2 Å². The van der Waals surface area contributed by atoms with Crippen LogP contribution in [-0.2, 0) is 7.05 Å². The average molecular weight is 183 g/mol. The van der Waals surface area contributed by atoms with E-state index in [-0.39, 0.29) is 6.10 Å². The third-order valence-electron chi connectivity index (χ3n) is 1.94. The summed E-state index contributed by atoms with van der Waals surface area (Å²) < 4.78 is 1.89. The molecular weight excluding hydrogens is 166 g/mol. The van der Waals surface area contributed by atoms with Gasteiger partial charge in [-0.15, -0.1) is 0 Å². The molecule has 4 heteroatoms. The zero-order valence-corrected chi connectivity index (χ0v) is 8.20. The summed E-state index contributed by atoms with van der Waals surface area (Å²) >= 11 is 0. The van der Waals surface area contributed by atoms with Crippen LogP contribution in [0.4, 0.5) is 5.95 Å². The first-order valence-corrected chi connectivity index (χ1v) is 4.63. The van der Waals surface area contributed by atoms with E-state index in [0.29, 0.717) is 6.54 Å². The van der Waals surface area contributed by atoms with E-state index >= 15 is 0 Å². The van der Waals surface area contributed by atoms with E-state index in [4.69, 9.17) is 0 Å². The van der Waals surface area contributed by atoms with Crippen molar-refractivity contribution in [1.82, 2.24) is 9.55 Å². The SMILES string of the molecule is CCCC(O)CNc1nccn1C. The molecule has 0 spiro atoms. The summed E-state index contributed by atoms with van der Waals surface area (Å²) in [5.74, 6) is 0.801. The topological polar surface area (TPSA) is 50.1 Å². The third-order valence-corrected chi connectivity index (χ3v) is 1.94. The Labute approximate surface area is 78.6 Å². The molecule has 13 heavy (non-hydrogen) atoms. The Morgan fingerprint density at radius 3 is 3.00 bits per heavy atom. The van der Waals surface area contributed by atoms with Crippen molar-refractivity contribution in [2.75, 3.05) is 11.9 Å². The van der Waals surface area contributed by atoms with E-state index in [0.717, 1.165) is 18.8 Å². The molecule has 0 fully saturated rings. The van der Waals surface area contributed by atoms with Crippen LogP contribution in [-0.4, -0.2) is 27.3 Å². The molecule has 1 unspecified atom stereocenters. The van der Waals surface area contributed by atoms with Gasteiger partial charge in [0, 0.05) is 26.0 Å². The molecule has 0 saturated heterocycles. The lowest BCUT2D eigenvalue weighted by molar-refractivity contribution is 0.176. The number of aliphatic hydroxyl groups excluding tert-OH is 1. The maximum atomic E-state index is 9.44. The predicted molar refractivity (Wildman–Crippen MR) is 52.6 cm³/mol. The summed E-state index contributed by atoms with van der Waals surface area (Å²) in [4.78, 5) is 4.09. The van der Waals surface area contributed by atoms with Crippen LogP contribution in [0.25, 0.3) is 0 Å². The minimum atomic E-state index is -0.276. The molecule has 1 aromatic heterocycles. The fourth-order valence-corrected chi connectivity index (χ4v) is 1.18. The fourth-order valence-electron chi connectivity index (χ4n) is 1.18. The van der Waals surface area contributed by atoms with Crippen molar-refractivity contribution in [1.29, 1.82) is 0 Å². The molecule has 0 aliphatic carbocycles. The van der Waals surface area contributed by atoms with Gasteiger partial charge in [-0.2, -0.15) is 0 Å². The number of rotatable bonds is 5. The summed E-state index contributed by atoms with van der Waals surface area (Å²) in [5.41, 5.74) is 0. The largest absolute Gasteiger partial charge is 0.391 e. The molecule has 74 valence electrons. The van der Waals surface area contributed by atoms with Gasteiger partial charge in [-0.1, -0.05) is 13.3 Å². The summed E-state index contributed by atoms with van der Waals surface area (Å²) in [6.07, 6.45) is 5.16. The van der Waals surface area contributed by atoms with Crippen LogP contribution in [0.1, 0.15) is 19.8 Å². The second-order valence-electron chi connectivity index (χ2n) is 3.19. The highest BCUT2D eigenvalue weighted by Crippen LogP contribution is 2.02. The number of hydrogen-bond donors (Lipinski definition) is 2.